The molecule has 7 heteroatoms. The van der Waals surface area contributed by atoms with Crippen molar-refractivity contribution >= 4 is 22.9 Å². The smallest absolute Gasteiger partial charge is 0.266 e. The van der Waals surface area contributed by atoms with E-state index in [1.807, 2.05) is 66.0 Å². The molecule has 0 aliphatic carbocycles. The summed E-state index contributed by atoms with van der Waals surface area (Å²) in [5, 5.41) is 0.829. The Balaban J connectivity index is 1.45. The van der Waals surface area contributed by atoms with E-state index in [1.54, 1.807) is 0 Å². The Labute approximate surface area is 169 Å². The third kappa shape index (κ3) is 3.62. The maximum absolute atomic E-state index is 13.1. The van der Waals surface area contributed by atoms with Crippen molar-refractivity contribution in [1.29, 1.82) is 0 Å². The summed E-state index contributed by atoms with van der Waals surface area (Å²) in [5.74, 6) is 0.977. The number of amides is 1. The van der Waals surface area contributed by atoms with E-state index in [4.69, 9.17) is 4.74 Å². The van der Waals surface area contributed by atoms with Crippen molar-refractivity contribution in [1.82, 2.24) is 14.5 Å². The van der Waals surface area contributed by atoms with E-state index in [-0.39, 0.29) is 5.91 Å². The number of anilines is 1. The van der Waals surface area contributed by atoms with Gasteiger partial charge in [-0.3, -0.25) is 4.79 Å². The van der Waals surface area contributed by atoms with Crippen LogP contribution in [0, 0.1) is 6.92 Å². The Kier molecular flexibility index (Phi) is 5.34. The minimum Gasteiger partial charge on any atom is -0.492 e. The molecule has 0 unspecified atom stereocenters. The van der Waals surface area contributed by atoms with Crippen LogP contribution in [0.1, 0.15) is 22.3 Å². The summed E-state index contributed by atoms with van der Waals surface area (Å²) < 4.78 is 7.70. The minimum atomic E-state index is 0.0751. The quantitative estimate of drug-likeness (QED) is 0.661. The fourth-order valence-corrected chi connectivity index (χ4v) is 4.45. The first-order valence-electron chi connectivity index (χ1n) is 9.54. The lowest BCUT2D eigenvalue weighted by Gasteiger charge is -2.36. The van der Waals surface area contributed by atoms with Gasteiger partial charge in [-0.2, -0.15) is 0 Å². The van der Waals surface area contributed by atoms with Gasteiger partial charge in [0.05, 0.1) is 18.0 Å². The highest BCUT2D eigenvalue weighted by atomic mass is 32.1. The van der Waals surface area contributed by atoms with Gasteiger partial charge >= 0.3 is 0 Å². The third-order valence-electron chi connectivity index (χ3n) is 4.88. The number of carbonyl (C=O) groups excluding carboxylic acids is 1. The molecule has 0 spiro atoms. The van der Waals surface area contributed by atoms with Crippen molar-refractivity contribution in [2.75, 3.05) is 37.7 Å². The van der Waals surface area contributed by atoms with E-state index in [0.29, 0.717) is 19.7 Å². The molecule has 6 nitrogen and oxygen atoms in total. The van der Waals surface area contributed by atoms with Crippen LogP contribution < -0.4 is 9.64 Å². The van der Waals surface area contributed by atoms with Gasteiger partial charge in [-0.05, 0) is 38.1 Å². The van der Waals surface area contributed by atoms with Crippen LogP contribution in [-0.2, 0) is 0 Å². The summed E-state index contributed by atoms with van der Waals surface area (Å²) in [6, 6.07) is 12.0. The number of ether oxygens (including phenoxy) is 1. The van der Waals surface area contributed by atoms with Gasteiger partial charge < -0.3 is 19.1 Å². The van der Waals surface area contributed by atoms with Crippen LogP contribution in [0.15, 0.2) is 48.8 Å². The number of benzene rings is 1. The second kappa shape index (κ2) is 8.06. The van der Waals surface area contributed by atoms with Gasteiger partial charge in [0, 0.05) is 38.6 Å². The molecule has 1 amide bonds. The second-order valence-corrected chi connectivity index (χ2v) is 7.66. The number of para-hydroxylation sites is 2. The second-order valence-electron chi connectivity index (χ2n) is 6.68. The predicted octanol–water partition coefficient (Wildman–Crippen LogP) is 3.60. The van der Waals surface area contributed by atoms with Crippen LogP contribution in [0.2, 0.25) is 0 Å². The van der Waals surface area contributed by atoms with Gasteiger partial charge in [-0.15, -0.1) is 0 Å². The van der Waals surface area contributed by atoms with E-state index in [9.17, 15) is 4.79 Å². The normalized spacial score (nSPS) is 14.4. The van der Waals surface area contributed by atoms with Gasteiger partial charge in [-0.25, -0.2) is 4.98 Å². The lowest BCUT2D eigenvalue weighted by molar-refractivity contribution is 0.0750. The zero-order valence-corrected chi connectivity index (χ0v) is 17.0. The molecule has 3 aromatic rings. The summed E-state index contributed by atoms with van der Waals surface area (Å²) in [4.78, 5) is 22.6. The number of carbonyl (C=O) groups is 1. The highest BCUT2D eigenvalue weighted by Crippen LogP contribution is 2.29. The fourth-order valence-electron chi connectivity index (χ4n) is 3.44. The number of nitrogens with zero attached hydrogens (tertiary/aromatic N) is 4. The number of hydrogen-bond acceptors (Lipinski definition) is 5. The molecule has 4 rings (SSSR count). The SMILES string of the molecule is CCOc1ccccc1N1CCN(C(=O)c2sc(-n3cccc3)nc2C)CC1. The van der Waals surface area contributed by atoms with Crippen molar-refractivity contribution in [3.8, 4) is 10.9 Å². The van der Waals surface area contributed by atoms with Gasteiger partial charge in [0.25, 0.3) is 5.91 Å². The Morgan fingerprint density at radius 3 is 2.54 bits per heavy atom. The number of aryl methyl sites for hydroxylation is 1. The number of hydrogen-bond donors (Lipinski definition) is 0. The molecular formula is C21H24N4O2S. The summed E-state index contributed by atoms with van der Waals surface area (Å²) in [7, 11) is 0. The van der Waals surface area contributed by atoms with Gasteiger partial charge in [0.1, 0.15) is 10.6 Å². The topological polar surface area (TPSA) is 50.6 Å². The molecule has 28 heavy (non-hydrogen) atoms. The molecule has 1 fully saturated rings. The molecule has 0 bridgehead atoms. The van der Waals surface area contributed by atoms with Gasteiger partial charge in [-0.1, -0.05) is 23.5 Å². The van der Waals surface area contributed by atoms with Gasteiger partial charge in [0.2, 0.25) is 0 Å². The van der Waals surface area contributed by atoms with Crippen LogP contribution in [0.3, 0.4) is 0 Å². The molecule has 0 radical (unpaired) electrons. The lowest BCUT2D eigenvalue weighted by Crippen LogP contribution is -2.48. The van der Waals surface area contributed by atoms with Crippen LogP contribution in [-0.4, -0.2) is 53.1 Å². The van der Waals surface area contributed by atoms with Crippen molar-refractivity contribution in [3.63, 3.8) is 0 Å². The summed E-state index contributed by atoms with van der Waals surface area (Å²) >= 11 is 1.45. The summed E-state index contributed by atoms with van der Waals surface area (Å²) in [6.07, 6.45) is 3.89. The molecule has 0 atom stereocenters. The van der Waals surface area contributed by atoms with E-state index < -0.39 is 0 Å². The molecule has 146 valence electrons. The van der Waals surface area contributed by atoms with Crippen molar-refractivity contribution in [2.24, 2.45) is 0 Å². The standard InChI is InChI=1S/C21H24N4O2S/c1-3-27-18-9-5-4-8-17(18)23-12-14-24(15-13-23)20(26)19-16(2)22-21(28-19)25-10-6-7-11-25/h4-11H,3,12-15H2,1-2H3. The number of rotatable bonds is 5. The first kappa shape index (κ1) is 18.6. The Bertz CT molecular complexity index is 943. The van der Waals surface area contributed by atoms with E-state index in [2.05, 4.69) is 16.0 Å². The number of aromatic nitrogens is 2. The largest absolute Gasteiger partial charge is 0.492 e. The average molecular weight is 397 g/mol. The zero-order chi connectivity index (χ0) is 19.5. The van der Waals surface area contributed by atoms with Crippen molar-refractivity contribution < 1.29 is 9.53 Å². The monoisotopic (exact) mass is 396 g/mol. The maximum atomic E-state index is 13.1. The van der Waals surface area contributed by atoms with Crippen LogP contribution >= 0.6 is 11.3 Å². The van der Waals surface area contributed by atoms with E-state index in [0.717, 1.165) is 40.2 Å². The van der Waals surface area contributed by atoms with Crippen LogP contribution in [0.4, 0.5) is 5.69 Å². The molecule has 0 N–H and O–H groups in total. The molecule has 1 aliphatic rings. The van der Waals surface area contributed by atoms with E-state index >= 15 is 0 Å². The third-order valence-corrected chi connectivity index (χ3v) is 6.04. The Hall–Kier alpha value is -2.80. The van der Waals surface area contributed by atoms with Crippen molar-refractivity contribution in [3.05, 3.63) is 59.4 Å². The first-order chi connectivity index (χ1) is 13.7. The molecule has 1 aromatic carbocycles. The Morgan fingerprint density at radius 2 is 1.82 bits per heavy atom. The molecular weight excluding hydrogens is 372 g/mol. The predicted molar refractivity (Wildman–Crippen MR) is 112 cm³/mol. The van der Waals surface area contributed by atoms with Gasteiger partial charge in [0.15, 0.2) is 5.13 Å². The first-order valence-corrected chi connectivity index (χ1v) is 10.4. The number of thiazole rings is 1. The molecule has 0 saturated carbocycles. The molecule has 3 heterocycles. The lowest BCUT2D eigenvalue weighted by atomic mass is 10.2. The fraction of sp³-hybridized carbons (Fsp3) is 0.333. The van der Waals surface area contributed by atoms with Crippen molar-refractivity contribution in [2.45, 2.75) is 13.8 Å². The summed E-state index contributed by atoms with van der Waals surface area (Å²) in [5.41, 5.74) is 1.89. The van der Waals surface area contributed by atoms with E-state index in [1.165, 1.54) is 11.3 Å². The Morgan fingerprint density at radius 1 is 1.11 bits per heavy atom. The zero-order valence-electron chi connectivity index (χ0n) is 16.2. The molecule has 2 aromatic heterocycles. The van der Waals surface area contributed by atoms with Crippen LogP contribution in [0.25, 0.3) is 5.13 Å². The maximum Gasteiger partial charge on any atom is 0.266 e. The minimum absolute atomic E-state index is 0.0751. The molecule has 1 saturated heterocycles. The van der Waals surface area contributed by atoms with Crippen LogP contribution in [0.5, 0.6) is 5.75 Å². The molecule has 1 aliphatic heterocycles. The summed E-state index contributed by atoms with van der Waals surface area (Å²) in [6.45, 7) is 7.50. The average Bonchev–Trinajstić information content (AvgIpc) is 3.38. The number of piperazine rings is 1. The highest BCUT2D eigenvalue weighted by molar-refractivity contribution is 7.16. The highest BCUT2D eigenvalue weighted by Gasteiger charge is 2.26.